The molecular formula is C21H24BeN2. The first kappa shape index (κ1) is 16.7. The SMILES string of the molecule is [Be]=[C]1N(c2c(C)cc(C)cc2C)C=CN1c1c(C)cc(C)cc1C. The van der Waals surface area contributed by atoms with Gasteiger partial charge in [-0.2, -0.15) is 0 Å². The van der Waals surface area contributed by atoms with E-state index in [2.05, 4.69) is 97.1 Å². The molecule has 0 radical (unpaired) electrons. The Labute approximate surface area is 147 Å². The zero-order chi connectivity index (χ0) is 17.6. The van der Waals surface area contributed by atoms with E-state index in [0.717, 1.165) is 5.52 Å². The second-order valence-electron chi connectivity index (χ2n) is 6.95. The average Bonchev–Trinajstić information content (AvgIpc) is 2.79. The molecule has 0 saturated heterocycles. The third-order valence-electron chi connectivity index (χ3n) is 4.67. The number of aryl methyl sites for hydroxylation is 6. The molecule has 0 saturated carbocycles. The van der Waals surface area contributed by atoms with Crippen molar-refractivity contribution in [2.75, 3.05) is 9.80 Å². The van der Waals surface area contributed by atoms with E-state index in [1.807, 2.05) is 0 Å². The maximum atomic E-state index is 4.37. The summed E-state index contributed by atoms with van der Waals surface area (Å²) in [6.45, 7) is 13.0. The first-order chi connectivity index (χ1) is 11.3. The molecule has 3 heteroatoms. The molecule has 1 aliphatic rings. The summed E-state index contributed by atoms with van der Waals surface area (Å²) in [5.41, 5.74) is 11.1. The van der Waals surface area contributed by atoms with Crippen LogP contribution >= 0.6 is 0 Å². The number of anilines is 2. The van der Waals surface area contributed by atoms with E-state index in [1.54, 1.807) is 0 Å². The van der Waals surface area contributed by atoms with Gasteiger partial charge in [-0.1, -0.05) is 0 Å². The van der Waals surface area contributed by atoms with Gasteiger partial charge in [-0.25, -0.2) is 0 Å². The minimum absolute atomic E-state index is 0.972. The molecule has 0 bridgehead atoms. The molecule has 1 aliphatic heterocycles. The fourth-order valence-electron chi connectivity index (χ4n) is 3.93. The van der Waals surface area contributed by atoms with Gasteiger partial charge in [0.1, 0.15) is 0 Å². The summed E-state index contributed by atoms with van der Waals surface area (Å²) in [6, 6.07) is 8.92. The van der Waals surface area contributed by atoms with E-state index in [1.165, 1.54) is 44.8 Å². The number of hydrogen-bond donors (Lipinski definition) is 0. The molecule has 0 amide bonds. The Morgan fingerprint density at radius 3 is 1.17 bits per heavy atom. The van der Waals surface area contributed by atoms with Crippen LogP contribution in [0.1, 0.15) is 33.4 Å². The number of hydrogen-bond acceptors (Lipinski definition) is 2. The van der Waals surface area contributed by atoms with Crippen LogP contribution < -0.4 is 9.80 Å². The molecule has 0 aromatic heterocycles. The van der Waals surface area contributed by atoms with Crippen molar-refractivity contribution in [1.82, 2.24) is 0 Å². The van der Waals surface area contributed by atoms with Crippen LogP contribution in [-0.4, -0.2) is 14.6 Å². The van der Waals surface area contributed by atoms with Crippen molar-refractivity contribution >= 4 is 26.0 Å². The predicted molar refractivity (Wildman–Crippen MR) is 106 cm³/mol. The Morgan fingerprint density at radius 2 is 0.875 bits per heavy atom. The molecule has 0 fully saturated rings. The number of nitrogens with zero attached hydrogens (tertiary/aromatic N) is 2. The van der Waals surface area contributed by atoms with Crippen molar-refractivity contribution in [2.24, 2.45) is 0 Å². The predicted octanol–water partition coefficient (Wildman–Crippen LogP) is 4.59. The standard InChI is InChI=1S/C21H24N2.Be/c1-14-9-16(3)20(17(4)10-14)22-7-8-23(13-22)21-18(5)11-15(2)12-19(21)6;/h7-12H,1-6H3;. The molecule has 2 nitrogen and oxygen atoms in total. The van der Waals surface area contributed by atoms with Gasteiger partial charge in [-0.05, 0) is 0 Å². The van der Waals surface area contributed by atoms with Gasteiger partial charge in [0.2, 0.25) is 0 Å². The molecule has 24 heavy (non-hydrogen) atoms. The van der Waals surface area contributed by atoms with E-state index < -0.39 is 0 Å². The van der Waals surface area contributed by atoms with Crippen LogP contribution in [0.2, 0.25) is 0 Å². The van der Waals surface area contributed by atoms with Gasteiger partial charge in [0.05, 0.1) is 0 Å². The second-order valence-corrected chi connectivity index (χ2v) is 6.95. The summed E-state index contributed by atoms with van der Waals surface area (Å²) in [7, 11) is 4.37. The molecule has 2 aromatic rings. The summed E-state index contributed by atoms with van der Waals surface area (Å²) in [5.74, 6) is 0. The van der Waals surface area contributed by atoms with Gasteiger partial charge >= 0.3 is 147 Å². The zero-order valence-electron chi connectivity index (χ0n) is 15.6. The van der Waals surface area contributed by atoms with Gasteiger partial charge < -0.3 is 0 Å². The normalized spacial score (nSPS) is 14.1. The van der Waals surface area contributed by atoms with E-state index in [0.29, 0.717) is 0 Å². The van der Waals surface area contributed by atoms with Gasteiger partial charge in [0, 0.05) is 0 Å². The molecule has 120 valence electrons. The van der Waals surface area contributed by atoms with E-state index in [4.69, 9.17) is 0 Å². The Hall–Kier alpha value is -2.18. The molecule has 0 aliphatic carbocycles. The Balaban J connectivity index is 2.03. The van der Waals surface area contributed by atoms with Gasteiger partial charge in [-0.15, -0.1) is 0 Å². The fourth-order valence-corrected chi connectivity index (χ4v) is 3.93. The zero-order valence-corrected chi connectivity index (χ0v) is 15.6. The molecule has 3 rings (SSSR count). The van der Waals surface area contributed by atoms with Crippen LogP contribution in [0.4, 0.5) is 11.4 Å². The van der Waals surface area contributed by atoms with E-state index >= 15 is 0 Å². The maximum absolute atomic E-state index is 4.37. The molecule has 2 aromatic carbocycles. The summed E-state index contributed by atoms with van der Waals surface area (Å²) < 4.78 is 0. The van der Waals surface area contributed by atoms with Crippen molar-refractivity contribution in [3.8, 4) is 0 Å². The van der Waals surface area contributed by atoms with Crippen LogP contribution in [0, 0.1) is 41.5 Å². The van der Waals surface area contributed by atoms with E-state index in [-0.39, 0.29) is 0 Å². The molecular weight excluding hydrogens is 289 g/mol. The van der Waals surface area contributed by atoms with Gasteiger partial charge in [0.15, 0.2) is 0 Å². The summed E-state index contributed by atoms with van der Waals surface area (Å²) >= 11 is 0. The Bertz CT molecular complexity index is 749. The third kappa shape index (κ3) is 2.72. The third-order valence-corrected chi connectivity index (χ3v) is 4.67. The van der Waals surface area contributed by atoms with Crippen LogP contribution in [0.5, 0.6) is 0 Å². The van der Waals surface area contributed by atoms with Gasteiger partial charge in [0.25, 0.3) is 0 Å². The number of rotatable bonds is 2. The van der Waals surface area contributed by atoms with Crippen molar-refractivity contribution < 1.29 is 0 Å². The quantitative estimate of drug-likeness (QED) is 0.748. The summed E-state index contributed by atoms with van der Waals surface area (Å²) in [6.07, 6.45) is 4.23. The molecule has 0 unspecified atom stereocenters. The summed E-state index contributed by atoms with van der Waals surface area (Å²) in [4.78, 5) is 4.39. The average molecular weight is 313 g/mol. The molecule has 0 spiro atoms. The first-order valence-corrected chi connectivity index (χ1v) is 8.41. The van der Waals surface area contributed by atoms with Crippen LogP contribution in [0.3, 0.4) is 0 Å². The van der Waals surface area contributed by atoms with Crippen LogP contribution in [0.25, 0.3) is 0 Å². The Kier molecular flexibility index (Phi) is 4.19. The van der Waals surface area contributed by atoms with Crippen LogP contribution in [0.15, 0.2) is 36.7 Å². The molecule has 0 N–H and O–H groups in total. The van der Waals surface area contributed by atoms with Crippen molar-refractivity contribution in [1.29, 1.82) is 0 Å². The second kappa shape index (κ2) is 6.03. The number of benzene rings is 2. The molecule has 0 atom stereocenters. The van der Waals surface area contributed by atoms with Crippen molar-refractivity contribution in [2.45, 2.75) is 41.5 Å². The van der Waals surface area contributed by atoms with Crippen molar-refractivity contribution in [3.05, 3.63) is 70.0 Å². The summed E-state index contributed by atoms with van der Waals surface area (Å²) in [5, 5.41) is 0. The van der Waals surface area contributed by atoms with Gasteiger partial charge in [-0.3, -0.25) is 0 Å². The Morgan fingerprint density at radius 1 is 0.583 bits per heavy atom. The fraction of sp³-hybridized carbons (Fsp3) is 0.286. The minimum atomic E-state index is 0.972. The van der Waals surface area contributed by atoms with E-state index in [9.17, 15) is 0 Å². The molecule has 1 heterocycles. The van der Waals surface area contributed by atoms with Crippen LogP contribution in [-0.2, 0) is 0 Å². The monoisotopic (exact) mass is 313 g/mol. The topological polar surface area (TPSA) is 6.48 Å². The van der Waals surface area contributed by atoms with Crippen molar-refractivity contribution in [3.63, 3.8) is 0 Å². The first-order valence-electron chi connectivity index (χ1n) is 8.41.